The quantitative estimate of drug-likeness (QED) is 0.419. The summed E-state index contributed by atoms with van der Waals surface area (Å²) < 4.78 is 96.2. The lowest BCUT2D eigenvalue weighted by Gasteiger charge is -2.12. The van der Waals surface area contributed by atoms with Gasteiger partial charge in [0.05, 0.1) is 5.69 Å². The zero-order valence-corrected chi connectivity index (χ0v) is 13.4. The zero-order chi connectivity index (χ0) is 17.8. The molecule has 0 fully saturated rings. The first kappa shape index (κ1) is 17.6. The van der Waals surface area contributed by atoms with Crippen LogP contribution in [-0.4, -0.2) is 38.9 Å². The highest BCUT2D eigenvalue weighted by molar-refractivity contribution is 7.87. The van der Waals surface area contributed by atoms with Gasteiger partial charge in [0, 0.05) is 10.8 Å². The Balaban J connectivity index is 3.31. The summed E-state index contributed by atoms with van der Waals surface area (Å²) in [5, 5.41) is -1.42. The highest BCUT2D eigenvalue weighted by Gasteiger charge is 2.28. The van der Waals surface area contributed by atoms with Gasteiger partial charge in [-0.15, -0.1) is 0 Å². The Bertz CT molecular complexity index is 1130. The fourth-order valence-corrected chi connectivity index (χ4v) is 4.40. The van der Waals surface area contributed by atoms with Crippen LogP contribution < -0.4 is 5.73 Å². The minimum absolute atomic E-state index is 0.564. The monoisotopic (exact) mass is 383 g/mol. The van der Waals surface area contributed by atoms with Crippen LogP contribution in [0.4, 0.5) is 5.69 Å². The summed E-state index contributed by atoms with van der Waals surface area (Å²) in [5.74, 6) is 0. The van der Waals surface area contributed by atoms with Gasteiger partial charge in [0.15, 0.2) is 0 Å². The van der Waals surface area contributed by atoms with Gasteiger partial charge in [-0.25, -0.2) is 0 Å². The van der Waals surface area contributed by atoms with Gasteiger partial charge in [0.2, 0.25) is 0 Å². The van der Waals surface area contributed by atoms with E-state index in [0.29, 0.717) is 12.1 Å². The molecule has 10 nitrogen and oxygen atoms in total. The minimum Gasteiger partial charge on any atom is -0.398 e. The molecule has 0 saturated heterocycles. The summed E-state index contributed by atoms with van der Waals surface area (Å²) >= 11 is 0. The standard InChI is InChI=1S/C10H9NO9S3/c11-6-2-1-5-7(21(12,13)14)3-4-8(22(15,16)17)9(5)10(6)23(18,19)20/h1-4H,11H2,(H,12,13,14)(H,15,16,17)(H,18,19,20). The summed E-state index contributed by atoms with van der Waals surface area (Å²) in [4.78, 5) is -2.93. The third-order valence-electron chi connectivity index (χ3n) is 2.90. The second-order valence-electron chi connectivity index (χ2n) is 4.39. The lowest BCUT2D eigenvalue weighted by Crippen LogP contribution is -2.10. The Morgan fingerprint density at radius 3 is 1.61 bits per heavy atom. The molecule has 13 heteroatoms. The first-order valence-electron chi connectivity index (χ1n) is 5.52. The molecule has 2 rings (SSSR count). The van der Waals surface area contributed by atoms with E-state index in [4.69, 9.17) is 10.3 Å². The van der Waals surface area contributed by atoms with Crippen LogP contribution >= 0.6 is 0 Å². The van der Waals surface area contributed by atoms with Crippen LogP contribution in [0.2, 0.25) is 0 Å². The number of rotatable bonds is 3. The van der Waals surface area contributed by atoms with Crippen LogP contribution in [0.1, 0.15) is 0 Å². The molecule has 0 amide bonds. The van der Waals surface area contributed by atoms with Gasteiger partial charge in [0.1, 0.15) is 14.7 Å². The third-order valence-corrected chi connectivity index (χ3v) is 5.66. The van der Waals surface area contributed by atoms with Gasteiger partial charge < -0.3 is 5.73 Å². The Kier molecular flexibility index (Phi) is 3.91. The summed E-state index contributed by atoms with van der Waals surface area (Å²) in [6, 6.07) is 3.05. The van der Waals surface area contributed by atoms with E-state index in [2.05, 4.69) is 0 Å². The van der Waals surface area contributed by atoms with E-state index in [1.165, 1.54) is 0 Å². The molecule has 0 aromatic heterocycles. The van der Waals surface area contributed by atoms with Crippen LogP contribution in [0.5, 0.6) is 0 Å². The maximum Gasteiger partial charge on any atom is 0.297 e. The van der Waals surface area contributed by atoms with Crippen LogP contribution in [0, 0.1) is 0 Å². The molecule has 0 aliphatic carbocycles. The van der Waals surface area contributed by atoms with Gasteiger partial charge in [-0.05, 0) is 18.2 Å². The minimum atomic E-state index is -5.08. The molecule has 23 heavy (non-hydrogen) atoms. The average Bonchev–Trinajstić information content (AvgIpc) is 2.32. The van der Waals surface area contributed by atoms with E-state index >= 15 is 0 Å². The van der Waals surface area contributed by atoms with E-state index in [0.717, 1.165) is 12.1 Å². The largest absolute Gasteiger partial charge is 0.398 e. The number of benzene rings is 2. The summed E-state index contributed by atoms with van der Waals surface area (Å²) in [7, 11) is -14.9. The van der Waals surface area contributed by atoms with Crippen molar-refractivity contribution in [2.24, 2.45) is 0 Å². The van der Waals surface area contributed by atoms with E-state index in [1.54, 1.807) is 0 Å². The Hall–Kier alpha value is -1.77. The molecular formula is C10H9NO9S3. The molecule has 0 spiro atoms. The molecule has 126 valence electrons. The van der Waals surface area contributed by atoms with E-state index < -0.39 is 61.5 Å². The lowest BCUT2D eigenvalue weighted by molar-refractivity contribution is 0.478. The predicted molar refractivity (Wildman–Crippen MR) is 77.8 cm³/mol. The second kappa shape index (κ2) is 5.12. The van der Waals surface area contributed by atoms with Crippen molar-refractivity contribution in [1.82, 2.24) is 0 Å². The molecule has 2 aromatic rings. The van der Waals surface area contributed by atoms with Crippen molar-refractivity contribution >= 4 is 46.8 Å². The Morgan fingerprint density at radius 1 is 0.696 bits per heavy atom. The fourth-order valence-electron chi connectivity index (χ4n) is 2.09. The molecule has 0 saturated carbocycles. The van der Waals surface area contributed by atoms with Gasteiger partial charge in [-0.1, -0.05) is 6.07 Å². The first-order chi connectivity index (χ1) is 10.2. The highest BCUT2D eigenvalue weighted by atomic mass is 32.2. The molecule has 0 aliphatic rings. The van der Waals surface area contributed by atoms with Gasteiger partial charge in [-0.2, -0.15) is 25.3 Å². The Labute approximate surface area is 130 Å². The predicted octanol–water partition coefficient (Wildman–Crippen LogP) is 0.162. The average molecular weight is 383 g/mol. The van der Waals surface area contributed by atoms with E-state index in [-0.39, 0.29) is 0 Å². The molecule has 0 heterocycles. The topological polar surface area (TPSA) is 189 Å². The third kappa shape index (κ3) is 3.15. The molecule has 0 radical (unpaired) electrons. The van der Waals surface area contributed by atoms with Crippen LogP contribution in [-0.2, 0) is 30.4 Å². The van der Waals surface area contributed by atoms with Crippen LogP contribution in [0.25, 0.3) is 10.8 Å². The smallest absolute Gasteiger partial charge is 0.297 e. The second-order valence-corrected chi connectivity index (χ2v) is 8.53. The van der Waals surface area contributed by atoms with Gasteiger partial charge in [-0.3, -0.25) is 13.7 Å². The van der Waals surface area contributed by atoms with Crippen molar-refractivity contribution in [3.8, 4) is 0 Å². The first-order valence-corrected chi connectivity index (χ1v) is 9.84. The number of nitrogen functional groups attached to an aromatic ring is 1. The lowest BCUT2D eigenvalue weighted by atomic mass is 10.1. The van der Waals surface area contributed by atoms with Crippen LogP contribution in [0.15, 0.2) is 39.0 Å². The molecule has 0 bridgehead atoms. The number of fused-ring (bicyclic) bond motifs is 1. The number of hydrogen-bond acceptors (Lipinski definition) is 7. The Morgan fingerprint density at radius 2 is 1.17 bits per heavy atom. The van der Waals surface area contributed by atoms with Crippen molar-refractivity contribution in [2.75, 3.05) is 5.73 Å². The van der Waals surface area contributed by atoms with Gasteiger partial charge in [0.25, 0.3) is 30.4 Å². The normalized spacial score (nSPS) is 13.3. The summed E-state index contributed by atoms with van der Waals surface area (Å²) in [6.45, 7) is 0. The van der Waals surface area contributed by atoms with E-state index in [9.17, 15) is 34.4 Å². The maximum atomic E-state index is 11.5. The summed E-state index contributed by atoms with van der Waals surface area (Å²) in [5.41, 5.74) is 4.83. The highest BCUT2D eigenvalue weighted by Crippen LogP contribution is 2.36. The molecular weight excluding hydrogens is 374 g/mol. The molecule has 2 aromatic carbocycles. The van der Waals surface area contributed by atoms with Crippen molar-refractivity contribution in [3.05, 3.63) is 24.3 Å². The number of anilines is 1. The number of nitrogens with two attached hydrogens (primary N) is 1. The van der Waals surface area contributed by atoms with Crippen molar-refractivity contribution < 1.29 is 38.9 Å². The SMILES string of the molecule is Nc1ccc2c(S(=O)(=O)O)ccc(S(=O)(=O)O)c2c1S(=O)(=O)O. The maximum absolute atomic E-state index is 11.5. The van der Waals surface area contributed by atoms with Crippen molar-refractivity contribution in [1.29, 1.82) is 0 Å². The summed E-state index contributed by atoms with van der Waals surface area (Å²) in [6.07, 6.45) is 0. The zero-order valence-electron chi connectivity index (χ0n) is 10.9. The van der Waals surface area contributed by atoms with Crippen LogP contribution in [0.3, 0.4) is 0 Å². The van der Waals surface area contributed by atoms with Crippen molar-refractivity contribution in [3.63, 3.8) is 0 Å². The molecule has 5 N–H and O–H groups in total. The molecule has 0 unspecified atom stereocenters. The number of hydrogen-bond donors (Lipinski definition) is 4. The van der Waals surface area contributed by atoms with Gasteiger partial charge >= 0.3 is 0 Å². The fraction of sp³-hybridized carbons (Fsp3) is 0. The molecule has 0 atom stereocenters. The van der Waals surface area contributed by atoms with E-state index in [1.807, 2.05) is 0 Å². The van der Waals surface area contributed by atoms with Crippen molar-refractivity contribution in [2.45, 2.75) is 14.7 Å². The molecule has 0 aliphatic heterocycles.